The summed E-state index contributed by atoms with van der Waals surface area (Å²) < 4.78 is 5.58. The highest BCUT2D eigenvalue weighted by Gasteiger charge is 2.16. The van der Waals surface area contributed by atoms with Crippen molar-refractivity contribution in [1.29, 1.82) is 0 Å². The largest absolute Gasteiger partial charge is 0.483 e. The monoisotopic (exact) mass is 260 g/mol. The van der Waals surface area contributed by atoms with E-state index in [1.807, 2.05) is 30.3 Å². The van der Waals surface area contributed by atoms with E-state index in [2.05, 4.69) is 0 Å². The van der Waals surface area contributed by atoms with Crippen LogP contribution in [0.5, 0.6) is 5.75 Å². The summed E-state index contributed by atoms with van der Waals surface area (Å²) in [5.74, 6) is 0.628. The van der Waals surface area contributed by atoms with Crippen LogP contribution in [0.2, 0.25) is 5.02 Å². The van der Waals surface area contributed by atoms with E-state index in [4.69, 9.17) is 16.3 Å². The van der Waals surface area contributed by atoms with Crippen molar-refractivity contribution < 1.29 is 9.53 Å². The van der Waals surface area contributed by atoms with Crippen molar-refractivity contribution >= 4 is 17.4 Å². The third-order valence-electron chi connectivity index (χ3n) is 2.55. The number of carbonyl (C=O) groups is 1. The molecule has 0 radical (unpaired) electrons. The molecule has 0 saturated carbocycles. The topological polar surface area (TPSA) is 26.3 Å². The number of ketones is 1. The molecule has 2 aromatic rings. The quantitative estimate of drug-likeness (QED) is 0.777. The minimum atomic E-state index is -0.520. The van der Waals surface area contributed by atoms with E-state index in [9.17, 15) is 4.79 Å². The van der Waals surface area contributed by atoms with Gasteiger partial charge < -0.3 is 4.74 Å². The van der Waals surface area contributed by atoms with E-state index in [-0.39, 0.29) is 5.78 Å². The van der Waals surface area contributed by atoms with Crippen LogP contribution in [0.3, 0.4) is 0 Å². The van der Waals surface area contributed by atoms with Gasteiger partial charge in [0.15, 0.2) is 6.10 Å². The molecular formula is C15H13ClO2. The average molecular weight is 261 g/mol. The van der Waals surface area contributed by atoms with E-state index >= 15 is 0 Å². The Balaban J connectivity index is 2.07. The van der Waals surface area contributed by atoms with Gasteiger partial charge >= 0.3 is 0 Å². The van der Waals surface area contributed by atoms with Crippen LogP contribution in [-0.2, 0) is 0 Å². The van der Waals surface area contributed by atoms with Crippen LogP contribution >= 0.6 is 11.6 Å². The van der Waals surface area contributed by atoms with Gasteiger partial charge in [0, 0.05) is 10.6 Å². The highest BCUT2D eigenvalue weighted by atomic mass is 35.5. The Kier molecular flexibility index (Phi) is 4.00. The minimum Gasteiger partial charge on any atom is -0.483 e. The Morgan fingerprint density at radius 3 is 2.28 bits per heavy atom. The maximum Gasteiger partial charge on any atom is 0.202 e. The van der Waals surface area contributed by atoms with Gasteiger partial charge in [-0.3, -0.25) is 4.79 Å². The van der Waals surface area contributed by atoms with Crippen LogP contribution < -0.4 is 4.74 Å². The molecule has 1 atom stereocenters. The number of carbonyl (C=O) groups excluding carboxylic acids is 1. The van der Waals surface area contributed by atoms with Crippen molar-refractivity contribution in [2.45, 2.75) is 13.0 Å². The highest BCUT2D eigenvalue weighted by Crippen LogP contribution is 2.15. The number of halogens is 1. The summed E-state index contributed by atoms with van der Waals surface area (Å²) in [5.41, 5.74) is 0.600. The van der Waals surface area contributed by atoms with Crippen LogP contribution in [0.15, 0.2) is 54.6 Å². The molecule has 0 spiro atoms. The number of para-hydroxylation sites is 1. The zero-order valence-electron chi connectivity index (χ0n) is 9.97. The zero-order valence-corrected chi connectivity index (χ0v) is 10.7. The van der Waals surface area contributed by atoms with Crippen molar-refractivity contribution in [1.82, 2.24) is 0 Å². The third kappa shape index (κ3) is 3.11. The number of ether oxygens (including phenoxy) is 1. The van der Waals surface area contributed by atoms with E-state index in [0.29, 0.717) is 16.3 Å². The Morgan fingerprint density at radius 1 is 1.06 bits per heavy atom. The number of benzene rings is 2. The third-order valence-corrected chi connectivity index (χ3v) is 2.81. The van der Waals surface area contributed by atoms with Gasteiger partial charge in [-0.2, -0.15) is 0 Å². The second-order valence-electron chi connectivity index (χ2n) is 3.94. The Morgan fingerprint density at radius 2 is 1.67 bits per heavy atom. The predicted molar refractivity (Wildman–Crippen MR) is 72.3 cm³/mol. The van der Waals surface area contributed by atoms with Gasteiger partial charge in [0.05, 0.1) is 0 Å². The molecule has 0 heterocycles. The van der Waals surface area contributed by atoms with Gasteiger partial charge in [-0.05, 0) is 43.3 Å². The van der Waals surface area contributed by atoms with Crippen LogP contribution in [0.25, 0.3) is 0 Å². The molecule has 0 amide bonds. The maximum atomic E-state index is 12.1. The van der Waals surface area contributed by atoms with Crippen molar-refractivity contribution in [3.05, 3.63) is 65.2 Å². The molecular weight excluding hydrogens is 248 g/mol. The molecule has 0 aliphatic carbocycles. The molecule has 92 valence electrons. The molecule has 2 rings (SSSR count). The summed E-state index contributed by atoms with van der Waals surface area (Å²) in [6.07, 6.45) is -0.520. The molecule has 0 aliphatic rings. The van der Waals surface area contributed by atoms with Crippen molar-refractivity contribution in [3.8, 4) is 5.75 Å². The summed E-state index contributed by atoms with van der Waals surface area (Å²) >= 11 is 5.78. The van der Waals surface area contributed by atoms with Gasteiger partial charge in [0.2, 0.25) is 5.78 Å². The predicted octanol–water partition coefficient (Wildman–Crippen LogP) is 3.99. The van der Waals surface area contributed by atoms with Gasteiger partial charge in [-0.15, -0.1) is 0 Å². The Labute approximate surface area is 111 Å². The molecule has 0 N–H and O–H groups in total. The van der Waals surface area contributed by atoms with Gasteiger partial charge in [-0.25, -0.2) is 0 Å². The highest BCUT2D eigenvalue weighted by molar-refractivity contribution is 6.30. The summed E-state index contributed by atoms with van der Waals surface area (Å²) in [4.78, 5) is 12.1. The molecule has 0 bridgehead atoms. The van der Waals surface area contributed by atoms with Gasteiger partial charge in [0.25, 0.3) is 0 Å². The number of Topliss-reactive ketones (excluding diaryl/α,β-unsaturated/α-hetero) is 1. The standard InChI is InChI=1S/C15H13ClO2/c1-11(18-14-5-3-2-4-6-14)15(17)12-7-9-13(16)10-8-12/h2-11H,1H3/t11-/m0/s1. The average Bonchev–Trinajstić information content (AvgIpc) is 2.40. The molecule has 2 nitrogen and oxygen atoms in total. The second kappa shape index (κ2) is 5.69. The van der Waals surface area contributed by atoms with E-state index < -0.39 is 6.10 Å². The summed E-state index contributed by atoms with van der Waals surface area (Å²) in [7, 11) is 0. The molecule has 0 fully saturated rings. The number of rotatable bonds is 4. The van der Waals surface area contributed by atoms with Crippen LogP contribution in [0.4, 0.5) is 0 Å². The summed E-state index contributed by atoms with van der Waals surface area (Å²) in [6.45, 7) is 1.74. The molecule has 2 aromatic carbocycles. The van der Waals surface area contributed by atoms with Crippen molar-refractivity contribution in [2.24, 2.45) is 0 Å². The van der Waals surface area contributed by atoms with Gasteiger partial charge in [-0.1, -0.05) is 29.8 Å². The summed E-state index contributed by atoms with van der Waals surface area (Å²) in [5, 5.41) is 0.614. The zero-order chi connectivity index (χ0) is 13.0. The fourth-order valence-electron chi connectivity index (χ4n) is 1.61. The van der Waals surface area contributed by atoms with E-state index in [1.54, 1.807) is 31.2 Å². The lowest BCUT2D eigenvalue weighted by Gasteiger charge is -2.13. The normalized spacial score (nSPS) is 11.9. The van der Waals surface area contributed by atoms with Crippen molar-refractivity contribution in [3.63, 3.8) is 0 Å². The fourth-order valence-corrected chi connectivity index (χ4v) is 1.73. The number of hydrogen-bond acceptors (Lipinski definition) is 2. The maximum absolute atomic E-state index is 12.1. The molecule has 0 aromatic heterocycles. The molecule has 3 heteroatoms. The smallest absolute Gasteiger partial charge is 0.202 e. The minimum absolute atomic E-state index is 0.0597. The van der Waals surface area contributed by atoms with E-state index in [1.165, 1.54) is 0 Å². The Hall–Kier alpha value is -1.80. The Bertz CT molecular complexity index is 520. The first kappa shape index (κ1) is 12.7. The second-order valence-corrected chi connectivity index (χ2v) is 4.38. The number of hydrogen-bond donors (Lipinski definition) is 0. The first-order valence-electron chi connectivity index (χ1n) is 5.68. The first-order valence-corrected chi connectivity index (χ1v) is 6.06. The molecule has 0 unspecified atom stereocenters. The van der Waals surface area contributed by atoms with Crippen LogP contribution in [0, 0.1) is 0 Å². The SMILES string of the molecule is C[C@H](Oc1ccccc1)C(=O)c1ccc(Cl)cc1. The summed E-state index contributed by atoms with van der Waals surface area (Å²) in [6, 6.07) is 16.1. The van der Waals surface area contributed by atoms with Crippen LogP contribution in [0.1, 0.15) is 17.3 Å². The lowest BCUT2D eigenvalue weighted by atomic mass is 10.1. The molecule has 0 aliphatic heterocycles. The lowest BCUT2D eigenvalue weighted by molar-refractivity contribution is 0.0818. The van der Waals surface area contributed by atoms with Crippen molar-refractivity contribution in [2.75, 3.05) is 0 Å². The fraction of sp³-hybridized carbons (Fsp3) is 0.133. The first-order chi connectivity index (χ1) is 8.66. The molecule has 18 heavy (non-hydrogen) atoms. The van der Waals surface area contributed by atoms with E-state index in [0.717, 1.165) is 0 Å². The molecule has 0 saturated heterocycles. The van der Waals surface area contributed by atoms with Crippen LogP contribution in [-0.4, -0.2) is 11.9 Å². The van der Waals surface area contributed by atoms with Gasteiger partial charge in [0.1, 0.15) is 5.75 Å². The lowest BCUT2D eigenvalue weighted by Crippen LogP contribution is -2.23.